The van der Waals surface area contributed by atoms with E-state index in [0.29, 0.717) is 19.3 Å². The van der Waals surface area contributed by atoms with Gasteiger partial charge in [-0.3, -0.25) is 9.59 Å². The van der Waals surface area contributed by atoms with Gasteiger partial charge in [-0.15, -0.1) is 0 Å². The van der Waals surface area contributed by atoms with E-state index in [1.165, 1.54) is 44.9 Å². The molecule has 1 N–H and O–H groups in total. The van der Waals surface area contributed by atoms with Gasteiger partial charge < -0.3 is 23.8 Å². The van der Waals surface area contributed by atoms with Crippen LogP contribution in [0.3, 0.4) is 0 Å². The van der Waals surface area contributed by atoms with Crippen LogP contribution in [0, 0.1) is 0 Å². The minimum atomic E-state index is -0.884. The number of aliphatic carboxylic acids is 1. The Morgan fingerprint density at radius 1 is 0.674 bits per heavy atom. The number of hydrogen-bond acceptors (Lipinski definition) is 6. The van der Waals surface area contributed by atoms with Crippen LogP contribution in [0.15, 0.2) is 36.5 Å². The third-order valence-electron chi connectivity index (χ3n) is 7.79. The summed E-state index contributed by atoms with van der Waals surface area (Å²) in [5, 5.41) is 9.55. The van der Waals surface area contributed by atoms with E-state index in [2.05, 4.69) is 44.2 Å². The highest BCUT2D eigenvalue weighted by Gasteiger charge is 2.31. The maximum atomic E-state index is 12.5. The molecule has 0 aromatic heterocycles. The second kappa shape index (κ2) is 29.9. The number of carboxylic acids is 1. The number of rotatable bonds is 31. The van der Waals surface area contributed by atoms with E-state index in [9.17, 15) is 19.5 Å². The first-order valence-corrected chi connectivity index (χ1v) is 18.0. The Hall–Kier alpha value is -2.45. The van der Waals surface area contributed by atoms with E-state index < -0.39 is 18.1 Å². The number of unbranched alkanes of at least 4 members (excludes halogenated alkanes) is 11. The fraction of sp³-hybridized carbons (Fsp3) is 0.763. The summed E-state index contributed by atoms with van der Waals surface area (Å²) in [7, 11) is 5.49. The molecule has 0 aromatic rings. The molecule has 0 radical (unpaired) electrons. The number of carbonyl (C=O) groups is 3. The number of esters is 2. The van der Waals surface area contributed by atoms with Crippen molar-refractivity contribution >= 4 is 17.9 Å². The molecule has 0 aromatic carbocycles. The summed E-state index contributed by atoms with van der Waals surface area (Å²) in [5.74, 6) is -1.55. The number of hydrogen-bond donors (Lipinski definition) is 1. The van der Waals surface area contributed by atoms with Crippen LogP contribution in [0.4, 0.5) is 0 Å². The van der Waals surface area contributed by atoms with E-state index in [4.69, 9.17) is 14.2 Å². The second-order valence-electron chi connectivity index (χ2n) is 13.1. The van der Waals surface area contributed by atoms with Crippen LogP contribution < -0.4 is 0 Å². The Labute approximate surface area is 281 Å². The highest BCUT2D eigenvalue weighted by atomic mass is 16.6. The molecule has 0 fully saturated rings. The number of allylic oxidation sites excluding steroid dienone is 6. The van der Waals surface area contributed by atoms with Crippen LogP contribution in [-0.2, 0) is 28.6 Å². The number of likely N-dealkylation sites (N-methyl/N-ethyl adjacent to an activating group) is 1. The molecule has 0 saturated carbocycles. The van der Waals surface area contributed by atoms with Crippen molar-refractivity contribution in [2.45, 2.75) is 148 Å². The van der Waals surface area contributed by atoms with Gasteiger partial charge in [0.15, 0.2) is 12.1 Å². The Kier molecular flexibility index (Phi) is 28.3. The molecule has 0 aliphatic carbocycles. The topological polar surface area (TPSA) is 99.1 Å². The maximum absolute atomic E-state index is 12.5. The van der Waals surface area contributed by atoms with Crippen molar-refractivity contribution in [3.63, 3.8) is 0 Å². The standard InChI is InChI=1S/C38H67NO7/c1-6-8-10-12-14-16-17-18-19-20-21-23-24-26-28-36(40)45-33-34(32-44-31-30-35(38(42)43)39(3,4)5)46-37(41)29-27-25-22-15-13-11-9-7-2/h8,10,14,16,22,25,34-35H,6-7,9,11-13,15,17-21,23-24,26-33H2,1-5H3/p+1/b10-8+,16-14+,25-22+. The summed E-state index contributed by atoms with van der Waals surface area (Å²) < 4.78 is 17.1. The first kappa shape index (κ1) is 43.5. The summed E-state index contributed by atoms with van der Waals surface area (Å²) in [5.41, 5.74) is 0. The summed E-state index contributed by atoms with van der Waals surface area (Å²) in [6.07, 6.45) is 30.7. The molecule has 0 aliphatic heterocycles. The molecule has 8 heteroatoms. The van der Waals surface area contributed by atoms with Crippen LogP contribution in [0.25, 0.3) is 0 Å². The number of carboxylic acid groups (broad SMARTS) is 1. The van der Waals surface area contributed by atoms with Crippen LogP contribution in [0.5, 0.6) is 0 Å². The van der Waals surface area contributed by atoms with E-state index >= 15 is 0 Å². The molecule has 0 spiro atoms. The monoisotopic (exact) mass is 650 g/mol. The van der Waals surface area contributed by atoms with Gasteiger partial charge in [0.25, 0.3) is 0 Å². The summed E-state index contributed by atoms with van der Waals surface area (Å²) in [4.78, 5) is 36.6. The average Bonchev–Trinajstić information content (AvgIpc) is 3.00. The molecule has 0 aliphatic rings. The smallest absolute Gasteiger partial charge is 0.362 e. The predicted molar refractivity (Wildman–Crippen MR) is 188 cm³/mol. The Morgan fingerprint density at radius 2 is 1.26 bits per heavy atom. The van der Waals surface area contributed by atoms with Gasteiger partial charge in [-0.1, -0.05) is 102 Å². The van der Waals surface area contributed by atoms with Crippen molar-refractivity contribution in [1.82, 2.24) is 0 Å². The van der Waals surface area contributed by atoms with Gasteiger partial charge in [0.05, 0.1) is 34.4 Å². The molecule has 46 heavy (non-hydrogen) atoms. The molecule has 0 bridgehead atoms. The highest BCUT2D eigenvalue weighted by Crippen LogP contribution is 2.12. The average molecular weight is 651 g/mol. The first-order valence-electron chi connectivity index (χ1n) is 18.0. The first-order chi connectivity index (χ1) is 22.1. The van der Waals surface area contributed by atoms with Crippen molar-refractivity contribution in [3.8, 4) is 0 Å². The summed E-state index contributed by atoms with van der Waals surface area (Å²) >= 11 is 0. The maximum Gasteiger partial charge on any atom is 0.362 e. The zero-order valence-corrected chi connectivity index (χ0v) is 30.0. The van der Waals surface area contributed by atoms with E-state index in [0.717, 1.165) is 51.4 Å². The third-order valence-corrected chi connectivity index (χ3v) is 7.79. The van der Waals surface area contributed by atoms with E-state index in [1.54, 1.807) is 0 Å². The molecule has 0 rings (SSSR count). The molecule has 8 nitrogen and oxygen atoms in total. The zero-order valence-electron chi connectivity index (χ0n) is 30.0. The fourth-order valence-corrected chi connectivity index (χ4v) is 4.97. The van der Waals surface area contributed by atoms with Gasteiger partial charge >= 0.3 is 17.9 Å². The molecule has 2 unspecified atom stereocenters. The molecular weight excluding hydrogens is 582 g/mol. The Balaban J connectivity index is 4.44. The van der Waals surface area contributed by atoms with E-state index in [1.807, 2.05) is 27.2 Å². The minimum absolute atomic E-state index is 0.0431. The second-order valence-corrected chi connectivity index (χ2v) is 13.1. The number of ether oxygens (including phenoxy) is 3. The fourth-order valence-electron chi connectivity index (χ4n) is 4.97. The van der Waals surface area contributed by atoms with Gasteiger partial charge in [0.1, 0.15) is 6.61 Å². The van der Waals surface area contributed by atoms with Crippen molar-refractivity contribution in [1.29, 1.82) is 0 Å². The number of carbonyl (C=O) groups excluding carboxylic acids is 2. The third kappa shape index (κ3) is 27.8. The molecule has 2 atom stereocenters. The summed E-state index contributed by atoms with van der Waals surface area (Å²) in [6.45, 7) is 4.51. The van der Waals surface area contributed by atoms with Crippen LogP contribution in [0.1, 0.15) is 136 Å². The normalized spacial score (nSPS) is 13.5. The lowest BCUT2D eigenvalue weighted by Gasteiger charge is -2.31. The van der Waals surface area contributed by atoms with Crippen LogP contribution >= 0.6 is 0 Å². The highest BCUT2D eigenvalue weighted by molar-refractivity contribution is 5.72. The molecule has 0 saturated heterocycles. The summed E-state index contributed by atoms with van der Waals surface area (Å²) in [6, 6.07) is -0.618. The van der Waals surface area contributed by atoms with Crippen molar-refractivity contribution in [3.05, 3.63) is 36.5 Å². The van der Waals surface area contributed by atoms with Gasteiger partial charge in [0, 0.05) is 19.3 Å². The molecule has 0 amide bonds. The zero-order chi connectivity index (χ0) is 34.3. The van der Waals surface area contributed by atoms with Gasteiger partial charge in [-0.05, 0) is 51.4 Å². The Morgan fingerprint density at radius 3 is 1.89 bits per heavy atom. The number of nitrogens with zero attached hydrogens (tertiary/aromatic N) is 1. The van der Waals surface area contributed by atoms with E-state index in [-0.39, 0.29) is 42.7 Å². The van der Waals surface area contributed by atoms with Gasteiger partial charge in [-0.2, -0.15) is 0 Å². The lowest BCUT2D eigenvalue weighted by molar-refractivity contribution is -0.887. The van der Waals surface area contributed by atoms with Crippen LogP contribution in [-0.4, -0.2) is 80.6 Å². The lowest BCUT2D eigenvalue weighted by Crippen LogP contribution is -2.50. The quantitative estimate of drug-likeness (QED) is 0.0347. The van der Waals surface area contributed by atoms with Gasteiger partial charge in [0.2, 0.25) is 0 Å². The van der Waals surface area contributed by atoms with Crippen molar-refractivity contribution in [2.24, 2.45) is 0 Å². The van der Waals surface area contributed by atoms with Crippen LogP contribution in [0.2, 0.25) is 0 Å². The molecule has 0 heterocycles. The van der Waals surface area contributed by atoms with Gasteiger partial charge in [-0.25, -0.2) is 4.79 Å². The SMILES string of the molecule is CC/C=C/C/C=C/CCCCCCCCCC(=O)OCC(COCCC(C(=O)O)[N+](C)(C)C)OC(=O)CC/C=C/CCCCCC. The Bertz CT molecular complexity index is 860. The molecular formula is C38H68NO7+. The number of quaternary nitrogens is 1. The van der Waals surface area contributed by atoms with Crippen molar-refractivity contribution < 1.29 is 38.2 Å². The van der Waals surface area contributed by atoms with Crippen molar-refractivity contribution in [2.75, 3.05) is 41.0 Å². The molecule has 266 valence electrons. The minimum Gasteiger partial charge on any atom is -0.477 e. The largest absolute Gasteiger partial charge is 0.477 e. The lowest BCUT2D eigenvalue weighted by atomic mass is 10.1. The predicted octanol–water partition coefficient (Wildman–Crippen LogP) is 8.74.